The Morgan fingerprint density at radius 2 is 2.31 bits per heavy atom. The van der Waals surface area contributed by atoms with Gasteiger partial charge in [-0.3, -0.25) is 4.79 Å². The lowest BCUT2D eigenvalue weighted by molar-refractivity contribution is -0.121. The van der Waals surface area contributed by atoms with Crippen LogP contribution in [0, 0.1) is 0 Å². The van der Waals surface area contributed by atoms with Crippen LogP contribution in [0.3, 0.4) is 0 Å². The van der Waals surface area contributed by atoms with E-state index in [4.69, 9.17) is 11.6 Å². The Hall–Kier alpha value is -0.670. The first kappa shape index (κ1) is 13.4. The number of hydrogen-bond donors (Lipinski definition) is 1. The van der Waals surface area contributed by atoms with Gasteiger partial charge in [-0.05, 0) is 30.9 Å². The van der Waals surface area contributed by atoms with Crippen LogP contribution in [-0.4, -0.2) is 17.9 Å². The molecule has 88 valence electrons. The van der Waals surface area contributed by atoms with Crippen molar-refractivity contribution in [2.45, 2.75) is 19.4 Å². The van der Waals surface area contributed by atoms with E-state index in [-0.39, 0.29) is 11.9 Å². The molecule has 0 aromatic heterocycles. The summed E-state index contributed by atoms with van der Waals surface area (Å²) >= 11 is 7.57. The zero-order chi connectivity index (χ0) is 12.0. The molecule has 1 amide bonds. The fraction of sp³-hybridized carbons (Fsp3) is 0.417. The fourth-order valence-electron chi connectivity index (χ4n) is 1.37. The molecule has 0 saturated heterocycles. The van der Waals surface area contributed by atoms with Crippen LogP contribution in [0.25, 0.3) is 0 Å². The Kier molecular flexibility index (Phi) is 5.71. The molecule has 1 rings (SSSR count). The summed E-state index contributed by atoms with van der Waals surface area (Å²) in [6.07, 6.45) is 2.56. The van der Waals surface area contributed by atoms with E-state index < -0.39 is 0 Å². The van der Waals surface area contributed by atoms with E-state index >= 15 is 0 Å². The zero-order valence-electron chi connectivity index (χ0n) is 9.50. The van der Waals surface area contributed by atoms with Gasteiger partial charge >= 0.3 is 0 Å². The average Bonchev–Trinajstić information content (AvgIpc) is 2.26. The normalized spacial score (nSPS) is 12.2. The van der Waals surface area contributed by atoms with Gasteiger partial charge < -0.3 is 5.32 Å². The van der Waals surface area contributed by atoms with Crippen molar-refractivity contribution in [3.8, 4) is 0 Å². The minimum absolute atomic E-state index is 0.00746. The molecule has 1 aromatic carbocycles. The van der Waals surface area contributed by atoms with E-state index in [1.807, 2.05) is 37.4 Å². The number of carbonyl (C=O) groups is 1. The molecular weight excluding hydrogens is 242 g/mol. The van der Waals surface area contributed by atoms with Crippen LogP contribution in [0.1, 0.15) is 24.9 Å². The Balaban J connectivity index is 2.52. The van der Waals surface area contributed by atoms with E-state index in [0.717, 1.165) is 11.3 Å². The second-order valence-electron chi connectivity index (χ2n) is 3.59. The van der Waals surface area contributed by atoms with E-state index in [1.54, 1.807) is 11.8 Å². The number of halogens is 1. The molecule has 4 heteroatoms. The molecule has 16 heavy (non-hydrogen) atoms. The zero-order valence-corrected chi connectivity index (χ0v) is 11.1. The predicted octanol–water partition coefficient (Wildman–Crippen LogP) is 3.27. The SMILES string of the molecule is CSCCC(=O)NC(C)c1cccc(Cl)c1. The summed E-state index contributed by atoms with van der Waals surface area (Å²) in [6, 6.07) is 7.57. The van der Waals surface area contributed by atoms with Crippen LogP contribution >= 0.6 is 23.4 Å². The van der Waals surface area contributed by atoms with Gasteiger partial charge in [-0.1, -0.05) is 23.7 Å². The first-order valence-corrected chi connectivity index (χ1v) is 6.94. The van der Waals surface area contributed by atoms with Gasteiger partial charge in [0.25, 0.3) is 0 Å². The molecule has 0 bridgehead atoms. The second-order valence-corrected chi connectivity index (χ2v) is 5.01. The van der Waals surface area contributed by atoms with Crippen molar-refractivity contribution in [2.24, 2.45) is 0 Å². The molecule has 0 spiro atoms. The van der Waals surface area contributed by atoms with Gasteiger partial charge in [0, 0.05) is 17.2 Å². The number of hydrogen-bond acceptors (Lipinski definition) is 2. The lowest BCUT2D eigenvalue weighted by Gasteiger charge is -2.14. The molecule has 1 N–H and O–H groups in total. The molecule has 2 nitrogen and oxygen atoms in total. The van der Waals surface area contributed by atoms with Crippen molar-refractivity contribution in [3.63, 3.8) is 0 Å². The van der Waals surface area contributed by atoms with Crippen molar-refractivity contribution in [2.75, 3.05) is 12.0 Å². The summed E-state index contributed by atoms with van der Waals surface area (Å²) in [5.41, 5.74) is 1.03. The quantitative estimate of drug-likeness (QED) is 0.877. The topological polar surface area (TPSA) is 29.1 Å². The Morgan fingerprint density at radius 3 is 2.94 bits per heavy atom. The van der Waals surface area contributed by atoms with E-state index in [9.17, 15) is 4.79 Å². The van der Waals surface area contributed by atoms with E-state index in [1.165, 1.54) is 0 Å². The minimum atomic E-state index is 0.00746. The van der Waals surface area contributed by atoms with Crippen LogP contribution in [-0.2, 0) is 4.79 Å². The number of rotatable bonds is 5. The van der Waals surface area contributed by atoms with Crippen molar-refractivity contribution in [3.05, 3.63) is 34.9 Å². The van der Waals surface area contributed by atoms with Gasteiger partial charge in [-0.15, -0.1) is 0 Å². The number of thioether (sulfide) groups is 1. The average molecular weight is 258 g/mol. The first-order valence-electron chi connectivity index (χ1n) is 5.17. The maximum Gasteiger partial charge on any atom is 0.221 e. The highest BCUT2D eigenvalue weighted by Crippen LogP contribution is 2.17. The van der Waals surface area contributed by atoms with Gasteiger partial charge in [-0.25, -0.2) is 0 Å². The van der Waals surface area contributed by atoms with E-state index in [2.05, 4.69) is 5.32 Å². The summed E-state index contributed by atoms with van der Waals surface area (Å²) in [7, 11) is 0. The molecule has 1 aromatic rings. The van der Waals surface area contributed by atoms with Crippen LogP contribution in [0.2, 0.25) is 5.02 Å². The van der Waals surface area contributed by atoms with Crippen molar-refractivity contribution < 1.29 is 4.79 Å². The standard InChI is InChI=1S/C12H16ClNOS/c1-9(14-12(15)6-7-16-2)10-4-3-5-11(13)8-10/h3-5,8-9H,6-7H2,1-2H3,(H,14,15). The third-order valence-electron chi connectivity index (χ3n) is 2.26. The molecule has 0 saturated carbocycles. The van der Waals surface area contributed by atoms with Crippen molar-refractivity contribution in [1.29, 1.82) is 0 Å². The summed E-state index contributed by atoms with van der Waals surface area (Å²) < 4.78 is 0. The Bertz CT molecular complexity index is 357. The van der Waals surface area contributed by atoms with Crippen LogP contribution < -0.4 is 5.32 Å². The van der Waals surface area contributed by atoms with Crippen LogP contribution in [0.15, 0.2) is 24.3 Å². The smallest absolute Gasteiger partial charge is 0.221 e. The predicted molar refractivity (Wildman–Crippen MR) is 71.0 cm³/mol. The third-order valence-corrected chi connectivity index (χ3v) is 3.11. The molecule has 0 radical (unpaired) electrons. The van der Waals surface area contributed by atoms with Gasteiger partial charge in [0.05, 0.1) is 6.04 Å². The maximum atomic E-state index is 11.5. The van der Waals surface area contributed by atoms with Gasteiger partial charge in [0.15, 0.2) is 0 Å². The molecule has 0 aliphatic rings. The Labute approximate surface area is 106 Å². The number of carbonyl (C=O) groups excluding carboxylic acids is 1. The van der Waals surface area contributed by atoms with Crippen LogP contribution in [0.5, 0.6) is 0 Å². The minimum Gasteiger partial charge on any atom is -0.350 e. The number of benzene rings is 1. The fourth-order valence-corrected chi connectivity index (χ4v) is 1.96. The molecule has 1 atom stereocenters. The maximum absolute atomic E-state index is 11.5. The van der Waals surface area contributed by atoms with E-state index in [0.29, 0.717) is 11.4 Å². The van der Waals surface area contributed by atoms with Gasteiger partial charge in [-0.2, -0.15) is 11.8 Å². The molecule has 0 aliphatic carbocycles. The summed E-state index contributed by atoms with van der Waals surface area (Å²) in [4.78, 5) is 11.5. The summed E-state index contributed by atoms with van der Waals surface area (Å²) in [5, 5.41) is 3.64. The van der Waals surface area contributed by atoms with Crippen LogP contribution in [0.4, 0.5) is 0 Å². The highest BCUT2D eigenvalue weighted by molar-refractivity contribution is 7.98. The highest BCUT2D eigenvalue weighted by atomic mass is 35.5. The molecule has 0 heterocycles. The number of nitrogens with one attached hydrogen (secondary N) is 1. The van der Waals surface area contributed by atoms with Crippen molar-refractivity contribution in [1.82, 2.24) is 5.32 Å². The largest absolute Gasteiger partial charge is 0.350 e. The molecule has 0 fully saturated rings. The Morgan fingerprint density at radius 1 is 1.56 bits per heavy atom. The summed E-state index contributed by atoms with van der Waals surface area (Å²) in [5.74, 6) is 0.940. The monoisotopic (exact) mass is 257 g/mol. The summed E-state index contributed by atoms with van der Waals surface area (Å²) in [6.45, 7) is 1.96. The second kappa shape index (κ2) is 6.81. The number of amides is 1. The van der Waals surface area contributed by atoms with Gasteiger partial charge in [0.1, 0.15) is 0 Å². The van der Waals surface area contributed by atoms with Gasteiger partial charge in [0.2, 0.25) is 5.91 Å². The van der Waals surface area contributed by atoms with Crippen molar-refractivity contribution >= 4 is 29.3 Å². The lowest BCUT2D eigenvalue weighted by Crippen LogP contribution is -2.26. The highest BCUT2D eigenvalue weighted by Gasteiger charge is 2.09. The first-order chi connectivity index (χ1) is 7.63. The third kappa shape index (κ3) is 4.45. The molecule has 1 unspecified atom stereocenters. The lowest BCUT2D eigenvalue weighted by atomic mass is 10.1. The molecular formula is C12H16ClNOS. The molecule has 0 aliphatic heterocycles.